The Labute approximate surface area is 220 Å². The highest BCUT2D eigenvalue weighted by Crippen LogP contribution is 2.37. The molecule has 36 heavy (non-hydrogen) atoms. The smallest absolute Gasteiger partial charge is 0.243 e. The lowest BCUT2D eigenvalue weighted by Crippen LogP contribution is -2.53. The zero-order valence-electron chi connectivity index (χ0n) is 24.1. The molecule has 1 heterocycles. The summed E-state index contributed by atoms with van der Waals surface area (Å²) in [5, 5.41) is 6.63. The first-order chi connectivity index (χ1) is 16.9. The van der Waals surface area contributed by atoms with Crippen molar-refractivity contribution in [3.05, 3.63) is 24.7 Å². The van der Waals surface area contributed by atoms with Crippen LogP contribution in [0.3, 0.4) is 0 Å². The summed E-state index contributed by atoms with van der Waals surface area (Å²) in [5.74, 6) is 1.57. The molecule has 0 bridgehead atoms. The average Bonchev–Trinajstić information content (AvgIpc) is 3.28. The molecule has 0 spiro atoms. The molecular formula is C30H53N3O3. The highest BCUT2D eigenvalue weighted by molar-refractivity contribution is 5.91. The number of ketones is 1. The van der Waals surface area contributed by atoms with E-state index in [1.54, 1.807) is 6.92 Å². The lowest BCUT2D eigenvalue weighted by Gasteiger charge is -2.40. The molecule has 6 nitrogen and oxygen atoms in total. The minimum Gasteiger partial charge on any atom is -0.474 e. The number of amides is 1. The molecule has 1 saturated carbocycles. The van der Waals surface area contributed by atoms with E-state index >= 15 is 0 Å². The van der Waals surface area contributed by atoms with Crippen LogP contribution in [-0.2, 0) is 14.3 Å². The molecule has 4 atom stereocenters. The van der Waals surface area contributed by atoms with Crippen molar-refractivity contribution in [2.45, 2.75) is 130 Å². The third-order valence-electron chi connectivity index (χ3n) is 8.32. The fraction of sp³-hybridized carbons (Fsp3) is 0.800. The number of carbonyl (C=O) groups is 2. The maximum atomic E-state index is 13.6. The van der Waals surface area contributed by atoms with Crippen LogP contribution in [-0.4, -0.2) is 46.9 Å². The zero-order valence-corrected chi connectivity index (χ0v) is 24.1. The van der Waals surface area contributed by atoms with Gasteiger partial charge in [-0.3, -0.25) is 9.59 Å². The van der Waals surface area contributed by atoms with Crippen LogP contribution in [0.4, 0.5) is 0 Å². The predicted molar refractivity (Wildman–Crippen MR) is 148 cm³/mol. The highest BCUT2D eigenvalue weighted by atomic mass is 16.5. The number of hydrogen-bond donors (Lipinski definition) is 2. The van der Waals surface area contributed by atoms with E-state index in [9.17, 15) is 9.59 Å². The fourth-order valence-electron chi connectivity index (χ4n) is 5.74. The molecule has 0 aromatic carbocycles. The van der Waals surface area contributed by atoms with Crippen LogP contribution in [0.25, 0.3) is 0 Å². The molecule has 1 aliphatic carbocycles. The van der Waals surface area contributed by atoms with Gasteiger partial charge < -0.3 is 20.3 Å². The van der Waals surface area contributed by atoms with Crippen molar-refractivity contribution >= 4 is 11.7 Å². The van der Waals surface area contributed by atoms with Gasteiger partial charge in [0.2, 0.25) is 5.91 Å². The highest BCUT2D eigenvalue weighted by Gasteiger charge is 2.44. The van der Waals surface area contributed by atoms with Crippen LogP contribution in [0.5, 0.6) is 0 Å². The molecule has 206 valence electrons. The van der Waals surface area contributed by atoms with E-state index in [4.69, 9.17) is 4.74 Å². The Kier molecular flexibility index (Phi) is 11.4. The lowest BCUT2D eigenvalue weighted by molar-refractivity contribution is -0.131. The average molecular weight is 504 g/mol. The van der Waals surface area contributed by atoms with E-state index in [2.05, 4.69) is 63.3 Å². The van der Waals surface area contributed by atoms with Crippen LogP contribution in [0.15, 0.2) is 24.7 Å². The van der Waals surface area contributed by atoms with Crippen molar-refractivity contribution in [2.75, 3.05) is 6.54 Å². The normalized spacial score (nSPS) is 22.7. The number of Topliss-reactive ketones (excluding diaryl/α,β-unsaturated/α-hetero) is 1. The van der Waals surface area contributed by atoms with E-state index < -0.39 is 6.04 Å². The quantitative estimate of drug-likeness (QED) is 0.287. The summed E-state index contributed by atoms with van der Waals surface area (Å²) in [7, 11) is 0. The van der Waals surface area contributed by atoms with Gasteiger partial charge in [0.15, 0.2) is 11.7 Å². The molecule has 1 aliphatic heterocycles. The van der Waals surface area contributed by atoms with Crippen LogP contribution < -0.4 is 10.6 Å². The molecule has 2 N–H and O–H groups in total. The van der Waals surface area contributed by atoms with Gasteiger partial charge >= 0.3 is 0 Å². The first kappa shape index (κ1) is 30.2. The Balaban J connectivity index is 2.28. The molecule has 1 amide bonds. The van der Waals surface area contributed by atoms with Gasteiger partial charge in [-0.25, -0.2) is 0 Å². The fourth-order valence-corrected chi connectivity index (χ4v) is 5.74. The summed E-state index contributed by atoms with van der Waals surface area (Å²) in [6.07, 6.45) is 9.02. The van der Waals surface area contributed by atoms with E-state index in [0.29, 0.717) is 24.1 Å². The minimum atomic E-state index is -0.474. The molecule has 0 aromatic heterocycles. The Hall–Kier alpha value is -1.98. The molecule has 4 unspecified atom stereocenters. The molecule has 0 radical (unpaired) electrons. The Morgan fingerprint density at radius 2 is 1.67 bits per heavy atom. The standard InChI is InChI=1S/C30H53N3O3/c1-10-15-26(34)21(5)31-29(35)28-25(20(3)4)18-19-33(28)22(6)27(24-16-13-12-14-17-24)32-23(7)36-30(8,9)11-2/h20-21,24-25,27-28,32H,6-7,10-19H2,1-5,8-9H3,(H,31,35). The molecule has 0 aromatic rings. The summed E-state index contributed by atoms with van der Waals surface area (Å²) >= 11 is 0. The van der Waals surface area contributed by atoms with Gasteiger partial charge in [-0.15, -0.1) is 0 Å². The predicted octanol–water partition coefficient (Wildman–Crippen LogP) is 5.94. The van der Waals surface area contributed by atoms with Crippen LogP contribution in [0.1, 0.15) is 106 Å². The molecule has 2 fully saturated rings. The third kappa shape index (κ3) is 8.01. The Morgan fingerprint density at radius 1 is 1.03 bits per heavy atom. The molecular weight excluding hydrogens is 450 g/mol. The van der Waals surface area contributed by atoms with Crippen molar-refractivity contribution < 1.29 is 14.3 Å². The van der Waals surface area contributed by atoms with Gasteiger partial charge in [0, 0.05) is 18.7 Å². The summed E-state index contributed by atoms with van der Waals surface area (Å²) in [5.41, 5.74) is 0.638. The van der Waals surface area contributed by atoms with Crippen LogP contribution in [0, 0.1) is 17.8 Å². The Morgan fingerprint density at radius 3 is 2.22 bits per heavy atom. The van der Waals surface area contributed by atoms with Crippen molar-refractivity contribution in [1.82, 2.24) is 15.5 Å². The van der Waals surface area contributed by atoms with Gasteiger partial charge in [-0.1, -0.05) is 53.5 Å². The Bertz CT molecular complexity index is 769. The minimum absolute atomic E-state index is 0.0363. The van der Waals surface area contributed by atoms with Crippen molar-refractivity contribution in [3.8, 4) is 0 Å². The molecule has 2 rings (SSSR count). The van der Waals surface area contributed by atoms with Gasteiger partial charge in [0.1, 0.15) is 11.6 Å². The first-order valence-electron chi connectivity index (χ1n) is 14.3. The number of carbonyl (C=O) groups excluding carboxylic acids is 2. The van der Waals surface area contributed by atoms with Gasteiger partial charge in [0.25, 0.3) is 0 Å². The third-order valence-corrected chi connectivity index (χ3v) is 8.32. The van der Waals surface area contributed by atoms with E-state index in [-0.39, 0.29) is 35.3 Å². The van der Waals surface area contributed by atoms with Crippen LogP contribution in [0.2, 0.25) is 0 Å². The number of nitrogens with one attached hydrogen (secondary N) is 2. The second-order valence-electron chi connectivity index (χ2n) is 11.9. The molecule has 6 heteroatoms. The monoisotopic (exact) mass is 503 g/mol. The maximum absolute atomic E-state index is 13.6. The molecule has 1 saturated heterocycles. The first-order valence-corrected chi connectivity index (χ1v) is 14.3. The number of nitrogens with zero attached hydrogens (tertiary/aromatic N) is 1. The second-order valence-corrected chi connectivity index (χ2v) is 11.9. The summed E-state index contributed by atoms with van der Waals surface area (Å²) in [6, 6.07) is -0.841. The maximum Gasteiger partial charge on any atom is 0.243 e. The van der Waals surface area contributed by atoms with E-state index in [1.165, 1.54) is 19.3 Å². The zero-order chi connectivity index (χ0) is 27.0. The number of hydrogen-bond acceptors (Lipinski definition) is 5. The second kappa shape index (κ2) is 13.5. The summed E-state index contributed by atoms with van der Waals surface area (Å²) in [6.45, 7) is 24.0. The summed E-state index contributed by atoms with van der Waals surface area (Å²) in [4.78, 5) is 28.3. The number of likely N-dealkylation sites (tertiary alicyclic amines) is 1. The van der Waals surface area contributed by atoms with Crippen LogP contribution >= 0.6 is 0 Å². The van der Waals surface area contributed by atoms with E-state index in [1.807, 2.05) is 6.92 Å². The lowest BCUT2D eigenvalue weighted by atomic mass is 9.82. The number of ether oxygens (including phenoxy) is 1. The van der Waals surface area contributed by atoms with Crippen molar-refractivity contribution in [2.24, 2.45) is 17.8 Å². The van der Waals surface area contributed by atoms with Crippen molar-refractivity contribution in [3.63, 3.8) is 0 Å². The summed E-state index contributed by atoms with van der Waals surface area (Å²) < 4.78 is 6.17. The van der Waals surface area contributed by atoms with Gasteiger partial charge in [-0.05, 0) is 77.2 Å². The molecule has 2 aliphatic rings. The largest absolute Gasteiger partial charge is 0.474 e. The SMILES string of the molecule is C=C(NC(C(=C)N1CCC(C(C)C)C1C(=O)NC(C)C(=O)CCC)C1CCCCC1)OC(C)(C)CC. The number of rotatable bonds is 14. The topological polar surface area (TPSA) is 70.7 Å². The van der Waals surface area contributed by atoms with E-state index in [0.717, 1.165) is 44.3 Å². The van der Waals surface area contributed by atoms with Crippen molar-refractivity contribution in [1.29, 1.82) is 0 Å². The van der Waals surface area contributed by atoms with Gasteiger partial charge in [-0.2, -0.15) is 0 Å². The van der Waals surface area contributed by atoms with Gasteiger partial charge in [0.05, 0.1) is 12.1 Å².